The lowest BCUT2D eigenvalue weighted by Crippen LogP contribution is -2.42. The Hall–Kier alpha value is -2.39. The third-order valence-corrected chi connectivity index (χ3v) is 9.87. The van der Waals surface area contributed by atoms with Gasteiger partial charge < -0.3 is 42.5 Å². The Morgan fingerprint density at radius 1 is 0.468 bits per heavy atom. The first kappa shape index (κ1) is 68.7. The number of halogens is 4. The van der Waals surface area contributed by atoms with E-state index in [1.165, 1.54) is 0 Å². The maximum absolute atomic E-state index is 13.5. The second-order valence-corrected chi connectivity index (χ2v) is 15.0. The third kappa shape index (κ3) is 37.0. The molecule has 0 aliphatic carbocycles. The first-order chi connectivity index (χ1) is 28.1. The lowest BCUT2D eigenvalue weighted by molar-refractivity contribution is -0.133. The minimum Gasteiger partial charge on any atom is -0.355 e. The summed E-state index contributed by atoms with van der Waals surface area (Å²) in [5.74, 6) is -0.121. The SMILES string of the molecule is CC/C=C\CCC(=O)N(CCCCN(CCCN(CCCNC(=O)[C@@H](N)CCCC)C(=O)CC/C=C\CC)C(=O)CC/C=C\CC)CCCNC(=O)[C@@H](N)CCCN.Cl.Cl.Cl.Cl. The Morgan fingerprint density at radius 3 is 1.11 bits per heavy atom. The fraction of sp³-hybridized carbons (Fsp3) is 0.756. The smallest absolute Gasteiger partial charge is 0.236 e. The molecule has 0 aromatic carbocycles. The molecule has 62 heavy (non-hydrogen) atoms. The molecule has 0 spiro atoms. The van der Waals surface area contributed by atoms with Crippen molar-refractivity contribution in [3.05, 3.63) is 36.5 Å². The molecule has 0 unspecified atom stereocenters. The molecule has 0 aliphatic heterocycles. The van der Waals surface area contributed by atoms with Gasteiger partial charge in [0, 0.05) is 71.6 Å². The van der Waals surface area contributed by atoms with Crippen LogP contribution in [0.2, 0.25) is 0 Å². The van der Waals surface area contributed by atoms with Crippen LogP contribution in [0.4, 0.5) is 0 Å². The monoisotopic (exact) mass is 961 g/mol. The lowest BCUT2D eigenvalue weighted by Gasteiger charge is -2.27. The van der Waals surface area contributed by atoms with Crippen LogP contribution in [0.15, 0.2) is 36.5 Å². The maximum atomic E-state index is 13.5. The van der Waals surface area contributed by atoms with E-state index in [2.05, 4.69) is 56.6 Å². The summed E-state index contributed by atoms with van der Waals surface area (Å²) < 4.78 is 0. The second-order valence-electron chi connectivity index (χ2n) is 15.0. The van der Waals surface area contributed by atoms with E-state index in [1.807, 2.05) is 32.9 Å². The van der Waals surface area contributed by atoms with Crippen molar-refractivity contribution in [1.29, 1.82) is 0 Å². The van der Waals surface area contributed by atoms with Gasteiger partial charge in [-0.3, -0.25) is 24.0 Å². The van der Waals surface area contributed by atoms with Crippen molar-refractivity contribution < 1.29 is 24.0 Å². The fourth-order valence-corrected chi connectivity index (χ4v) is 6.34. The highest BCUT2D eigenvalue weighted by atomic mass is 35.5. The van der Waals surface area contributed by atoms with Gasteiger partial charge in [0.1, 0.15) is 0 Å². The molecule has 0 rings (SSSR count). The number of nitrogens with one attached hydrogen (secondary N) is 2. The van der Waals surface area contributed by atoms with Gasteiger partial charge in [0.15, 0.2) is 0 Å². The highest BCUT2D eigenvalue weighted by molar-refractivity contribution is 5.86. The maximum Gasteiger partial charge on any atom is 0.236 e. The number of rotatable bonds is 37. The Kier molecular flexibility index (Phi) is 53.2. The summed E-state index contributed by atoms with van der Waals surface area (Å²) in [5, 5.41) is 5.82. The molecule has 0 bridgehead atoms. The number of unbranched alkanes of at least 4 members (excludes halogenated alkanes) is 2. The van der Waals surface area contributed by atoms with E-state index in [9.17, 15) is 24.0 Å². The van der Waals surface area contributed by atoms with Gasteiger partial charge in [-0.1, -0.05) is 77.0 Å². The van der Waals surface area contributed by atoms with E-state index in [-0.39, 0.29) is 79.2 Å². The summed E-state index contributed by atoms with van der Waals surface area (Å²) in [6.45, 7) is 12.8. The van der Waals surface area contributed by atoms with Crippen molar-refractivity contribution in [3.63, 3.8) is 0 Å². The first-order valence-corrected chi connectivity index (χ1v) is 22.6. The summed E-state index contributed by atoms with van der Waals surface area (Å²) in [7, 11) is 0. The van der Waals surface area contributed by atoms with Gasteiger partial charge in [-0.05, 0) is 96.4 Å². The van der Waals surface area contributed by atoms with Crippen LogP contribution in [0.3, 0.4) is 0 Å². The van der Waals surface area contributed by atoms with Crippen molar-refractivity contribution in [2.75, 3.05) is 58.9 Å². The molecular weight excluding hydrogens is 874 g/mol. The van der Waals surface area contributed by atoms with Crippen molar-refractivity contribution in [2.45, 2.75) is 162 Å². The molecule has 0 radical (unpaired) electrons. The van der Waals surface area contributed by atoms with Crippen LogP contribution in [0.25, 0.3) is 0 Å². The van der Waals surface area contributed by atoms with Crippen LogP contribution in [-0.4, -0.2) is 115 Å². The second kappa shape index (κ2) is 48.1. The van der Waals surface area contributed by atoms with E-state index in [0.29, 0.717) is 136 Å². The zero-order chi connectivity index (χ0) is 43.2. The number of carbonyl (C=O) groups excluding carboxylic acids is 5. The largest absolute Gasteiger partial charge is 0.355 e. The van der Waals surface area contributed by atoms with Crippen LogP contribution >= 0.6 is 49.6 Å². The number of allylic oxidation sites excluding steroid dienone is 6. The standard InChI is InChI=1S/C45H84N8O5.4ClH/c1-5-9-13-16-27-41(54)51(35-22-31-50-45(58)40(48)26-21-30-46)33-19-20-34-52(42(55)28-17-14-10-6-2)37-24-38-53(43(56)29-18-15-11-7-3)36-23-32-49-44(57)39(47)25-12-8-4;;;;/h9-11,13-15,39-40H,5-8,12,16-38,46-48H2,1-4H3,(H,49,57)(H,50,58);4*1H/b13-9-,14-10-,15-11-;;;;/t39-,40-;;;;/m0..../s1. The summed E-state index contributed by atoms with van der Waals surface area (Å²) >= 11 is 0. The Bertz CT molecular complexity index is 1210. The van der Waals surface area contributed by atoms with Crippen LogP contribution in [0.1, 0.15) is 150 Å². The van der Waals surface area contributed by atoms with Gasteiger partial charge in [0.05, 0.1) is 12.1 Å². The molecular formula is C45H88Cl4N8O5. The van der Waals surface area contributed by atoms with E-state index >= 15 is 0 Å². The topological polar surface area (TPSA) is 197 Å². The van der Waals surface area contributed by atoms with E-state index in [0.717, 1.165) is 44.9 Å². The van der Waals surface area contributed by atoms with Gasteiger partial charge in [-0.25, -0.2) is 0 Å². The Morgan fingerprint density at radius 2 is 0.790 bits per heavy atom. The highest BCUT2D eigenvalue weighted by Crippen LogP contribution is 2.10. The number of nitrogens with two attached hydrogens (primary N) is 3. The predicted octanol–water partition coefficient (Wildman–Crippen LogP) is 7.17. The zero-order valence-electron chi connectivity index (χ0n) is 38.7. The first-order valence-electron chi connectivity index (χ1n) is 22.6. The van der Waals surface area contributed by atoms with Gasteiger partial charge in [0.25, 0.3) is 0 Å². The van der Waals surface area contributed by atoms with Crippen molar-refractivity contribution in [2.24, 2.45) is 17.2 Å². The highest BCUT2D eigenvalue weighted by Gasteiger charge is 2.19. The Balaban J connectivity index is -0.00000271. The third-order valence-electron chi connectivity index (χ3n) is 9.87. The molecule has 13 nitrogen and oxygen atoms in total. The number of amides is 5. The average molecular weight is 963 g/mol. The lowest BCUT2D eigenvalue weighted by atomic mass is 10.1. The summed E-state index contributed by atoms with van der Waals surface area (Å²) in [5.41, 5.74) is 17.6. The molecule has 0 heterocycles. The Labute approximate surface area is 401 Å². The molecule has 366 valence electrons. The number of hydrogen-bond acceptors (Lipinski definition) is 8. The van der Waals surface area contributed by atoms with Crippen LogP contribution in [-0.2, 0) is 24.0 Å². The van der Waals surface area contributed by atoms with Gasteiger partial charge >= 0.3 is 0 Å². The molecule has 0 aromatic rings. The number of carbonyl (C=O) groups is 5. The van der Waals surface area contributed by atoms with Gasteiger partial charge in [-0.15, -0.1) is 49.6 Å². The van der Waals surface area contributed by atoms with Crippen molar-refractivity contribution in [3.8, 4) is 0 Å². The van der Waals surface area contributed by atoms with Gasteiger partial charge in [0.2, 0.25) is 29.5 Å². The molecule has 0 fully saturated rings. The van der Waals surface area contributed by atoms with Crippen molar-refractivity contribution >= 4 is 79.2 Å². The van der Waals surface area contributed by atoms with Gasteiger partial charge in [-0.2, -0.15) is 0 Å². The molecule has 0 aliphatic rings. The number of hydrogen-bond donors (Lipinski definition) is 5. The summed E-state index contributed by atoms with van der Waals surface area (Å²) in [4.78, 5) is 70.5. The fourth-order valence-electron chi connectivity index (χ4n) is 6.34. The summed E-state index contributed by atoms with van der Waals surface area (Å²) in [6.07, 6.45) is 25.5. The van der Waals surface area contributed by atoms with Crippen LogP contribution < -0.4 is 27.8 Å². The minimum absolute atomic E-state index is 0. The van der Waals surface area contributed by atoms with Crippen molar-refractivity contribution in [1.82, 2.24) is 25.3 Å². The summed E-state index contributed by atoms with van der Waals surface area (Å²) in [6, 6.07) is -1.10. The molecule has 17 heteroatoms. The number of nitrogens with zero attached hydrogens (tertiary/aromatic N) is 3. The quantitative estimate of drug-likeness (QED) is 0.0319. The molecule has 5 amide bonds. The van der Waals surface area contributed by atoms with E-state index in [4.69, 9.17) is 17.2 Å². The van der Waals surface area contributed by atoms with Crippen LogP contribution in [0, 0.1) is 0 Å². The minimum atomic E-state index is -0.587. The molecule has 2 atom stereocenters. The molecule has 8 N–H and O–H groups in total. The van der Waals surface area contributed by atoms with E-state index in [1.54, 1.807) is 0 Å². The van der Waals surface area contributed by atoms with Crippen LogP contribution in [0.5, 0.6) is 0 Å². The average Bonchev–Trinajstić information content (AvgIpc) is 3.22. The van der Waals surface area contributed by atoms with E-state index < -0.39 is 12.1 Å². The normalized spacial score (nSPS) is 11.8. The molecule has 0 saturated carbocycles. The predicted molar refractivity (Wildman–Crippen MR) is 268 cm³/mol. The molecule has 0 saturated heterocycles. The molecule has 0 aromatic heterocycles. The zero-order valence-corrected chi connectivity index (χ0v) is 41.9.